The van der Waals surface area contributed by atoms with E-state index in [1.807, 2.05) is 28.6 Å². The molecule has 3 fully saturated rings. The van der Waals surface area contributed by atoms with E-state index >= 15 is 0 Å². The molecule has 4 atom stereocenters. The van der Waals surface area contributed by atoms with Gasteiger partial charge in [0.05, 0.1) is 21.8 Å². The molecule has 5 rings (SSSR count). The first-order valence-electron chi connectivity index (χ1n) is 9.73. The van der Waals surface area contributed by atoms with Crippen LogP contribution in [0.1, 0.15) is 36.0 Å². The van der Waals surface area contributed by atoms with Crippen molar-refractivity contribution in [2.45, 2.75) is 37.8 Å². The number of aromatic nitrogens is 1. The number of thiazole rings is 1. The summed E-state index contributed by atoms with van der Waals surface area (Å²) in [5.41, 5.74) is 3.54. The molecule has 3 aliphatic rings. The van der Waals surface area contributed by atoms with Crippen LogP contribution >= 0.6 is 11.3 Å². The van der Waals surface area contributed by atoms with Crippen molar-refractivity contribution in [3.8, 4) is 0 Å². The number of carbonyl (C=O) groups is 1. The van der Waals surface area contributed by atoms with Gasteiger partial charge in [0.15, 0.2) is 0 Å². The van der Waals surface area contributed by atoms with E-state index in [0.29, 0.717) is 17.9 Å². The molecule has 0 spiro atoms. The van der Waals surface area contributed by atoms with E-state index in [0.717, 1.165) is 54.8 Å². The van der Waals surface area contributed by atoms with Crippen LogP contribution in [-0.2, 0) is 0 Å². The summed E-state index contributed by atoms with van der Waals surface area (Å²) < 4.78 is 1.07. The molecule has 2 saturated heterocycles. The predicted molar refractivity (Wildman–Crippen MR) is 102 cm³/mol. The lowest BCUT2D eigenvalue weighted by molar-refractivity contribution is -0.000864. The molecule has 26 heavy (non-hydrogen) atoms. The zero-order valence-electron chi connectivity index (χ0n) is 14.9. The Morgan fingerprint density at radius 1 is 1.15 bits per heavy atom. The van der Waals surface area contributed by atoms with Crippen LogP contribution in [0.5, 0.6) is 0 Å². The maximum absolute atomic E-state index is 13.0. The van der Waals surface area contributed by atoms with Gasteiger partial charge in [-0.2, -0.15) is 0 Å². The lowest BCUT2D eigenvalue weighted by Gasteiger charge is -2.40. The number of aliphatic hydroxyl groups excluding tert-OH is 1. The first kappa shape index (κ1) is 16.7. The number of likely N-dealkylation sites (tertiary alicyclic amines) is 2. The van der Waals surface area contributed by atoms with Crippen molar-refractivity contribution in [1.82, 2.24) is 14.8 Å². The van der Waals surface area contributed by atoms with Gasteiger partial charge in [-0.1, -0.05) is 0 Å². The van der Waals surface area contributed by atoms with E-state index in [-0.39, 0.29) is 12.0 Å². The van der Waals surface area contributed by atoms with Gasteiger partial charge in [-0.05, 0) is 68.8 Å². The zero-order chi connectivity index (χ0) is 17.7. The molecule has 0 unspecified atom stereocenters. The third-order valence-corrected chi connectivity index (χ3v) is 7.38. The van der Waals surface area contributed by atoms with E-state index in [9.17, 15) is 9.90 Å². The number of carbonyl (C=O) groups excluding carboxylic acids is 1. The summed E-state index contributed by atoms with van der Waals surface area (Å²) in [4.78, 5) is 21.8. The Morgan fingerprint density at radius 2 is 1.92 bits per heavy atom. The van der Waals surface area contributed by atoms with E-state index in [2.05, 4.69) is 9.88 Å². The zero-order valence-corrected chi connectivity index (χ0v) is 15.7. The lowest BCUT2D eigenvalue weighted by Crippen LogP contribution is -2.48. The number of nitrogens with zero attached hydrogens (tertiary/aromatic N) is 3. The number of hydrogen-bond acceptors (Lipinski definition) is 5. The number of hydrogen-bond donors (Lipinski definition) is 1. The number of aliphatic hydroxyl groups is 1. The topological polar surface area (TPSA) is 56.7 Å². The van der Waals surface area contributed by atoms with Gasteiger partial charge in [-0.3, -0.25) is 9.69 Å². The number of rotatable bonds is 2. The van der Waals surface area contributed by atoms with Crippen LogP contribution < -0.4 is 0 Å². The van der Waals surface area contributed by atoms with Crippen LogP contribution in [0.25, 0.3) is 10.2 Å². The summed E-state index contributed by atoms with van der Waals surface area (Å²) >= 11 is 1.58. The first-order chi connectivity index (χ1) is 12.7. The second-order valence-corrected chi connectivity index (χ2v) is 9.00. The maximum Gasteiger partial charge on any atom is 0.253 e. The standard InChI is InChI=1S/C20H25N3O2S/c24-18-8-15-11-23(10-14(15)7-17(18)22-5-1-2-6-22)20(25)13-3-4-16-19(9-13)26-12-21-16/h3-4,9,12,14-15,17-18,24H,1-2,5-8,10-11H2/t14-,15+,17-,18-/m1/s1. The minimum absolute atomic E-state index is 0.127. The molecule has 0 radical (unpaired) electrons. The fourth-order valence-corrected chi connectivity index (χ4v) is 5.93. The van der Waals surface area contributed by atoms with Gasteiger partial charge in [-0.25, -0.2) is 4.98 Å². The molecule has 2 aromatic rings. The molecular formula is C20H25N3O2S. The van der Waals surface area contributed by atoms with Crippen LogP contribution in [0, 0.1) is 11.8 Å². The van der Waals surface area contributed by atoms with E-state index in [1.54, 1.807) is 11.3 Å². The third-order valence-electron chi connectivity index (χ3n) is 6.58. The van der Waals surface area contributed by atoms with Crippen LogP contribution in [0.3, 0.4) is 0 Å². The average Bonchev–Trinajstić information content (AvgIpc) is 3.38. The second-order valence-electron chi connectivity index (χ2n) is 8.11. The van der Waals surface area contributed by atoms with Crippen molar-refractivity contribution >= 4 is 27.5 Å². The smallest absolute Gasteiger partial charge is 0.253 e. The van der Waals surface area contributed by atoms with Gasteiger partial charge in [0.1, 0.15) is 0 Å². The largest absolute Gasteiger partial charge is 0.391 e. The lowest BCUT2D eigenvalue weighted by atomic mass is 9.77. The molecule has 5 nitrogen and oxygen atoms in total. The Kier molecular flexibility index (Phi) is 4.22. The summed E-state index contributed by atoms with van der Waals surface area (Å²) in [7, 11) is 0. The van der Waals surface area contributed by atoms with Crippen LogP contribution in [-0.4, -0.2) is 64.1 Å². The normalized spacial score (nSPS) is 32.3. The third kappa shape index (κ3) is 2.84. The minimum atomic E-state index is -0.238. The fourth-order valence-electron chi connectivity index (χ4n) is 5.21. The van der Waals surface area contributed by atoms with Crippen molar-refractivity contribution in [2.24, 2.45) is 11.8 Å². The summed E-state index contributed by atoms with van der Waals surface area (Å²) in [6.45, 7) is 3.86. The highest BCUT2D eigenvalue weighted by Crippen LogP contribution is 2.39. The fraction of sp³-hybridized carbons (Fsp3) is 0.600. The molecule has 0 bridgehead atoms. The van der Waals surface area contributed by atoms with Crippen molar-refractivity contribution in [2.75, 3.05) is 26.2 Å². The van der Waals surface area contributed by atoms with Crippen molar-refractivity contribution in [1.29, 1.82) is 0 Å². The maximum atomic E-state index is 13.0. The Hall–Kier alpha value is -1.50. The summed E-state index contributed by atoms with van der Waals surface area (Å²) in [6.07, 6.45) is 4.13. The Morgan fingerprint density at radius 3 is 2.73 bits per heavy atom. The molecule has 6 heteroatoms. The van der Waals surface area contributed by atoms with Crippen molar-refractivity contribution in [3.63, 3.8) is 0 Å². The monoisotopic (exact) mass is 371 g/mol. The van der Waals surface area contributed by atoms with Crippen molar-refractivity contribution < 1.29 is 9.90 Å². The molecule has 1 saturated carbocycles. The molecule has 1 amide bonds. The van der Waals surface area contributed by atoms with Gasteiger partial charge in [0.25, 0.3) is 5.91 Å². The highest BCUT2D eigenvalue weighted by Gasteiger charge is 2.44. The molecular weight excluding hydrogens is 346 g/mol. The summed E-state index contributed by atoms with van der Waals surface area (Å²) in [5, 5.41) is 10.7. The van der Waals surface area contributed by atoms with Gasteiger partial charge < -0.3 is 10.0 Å². The van der Waals surface area contributed by atoms with E-state index in [1.165, 1.54) is 12.8 Å². The van der Waals surface area contributed by atoms with Gasteiger partial charge >= 0.3 is 0 Å². The molecule has 138 valence electrons. The second kappa shape index (κ2) is 6.59. The van der Waals surface area contributed by atoms with E-state index in [4.69, 9.17) is 0 Å². The number of fused-ring (bicyclic) bond motifs is 2. The number of amides is 1. The minimum Gasteiger partial charge on any atom is -0.391 e. The van der Waals surface area contributed by atoms with E-state index < -0.39 is 0 Å². The van der Waals surface area contributed by atoms with Gasteiger partial charge in [0.2, 0.25) is 0 Å². The Labute approximate surface area is 157 Å². The van der Waals surface area contributed by atoms with Crippen molar-refractivity contribution in [3.05, 3.63) is 29.3 Å². The number of benzene rings is 1. The highest BCUT2D eigenvalue weighted by molar-refractivity contribution is 7.16. The molecule has 2 aliphatic heterocycles. The van der Waals surface area contributed by atoms with Gasteiger partial charge in [-0.15, -0.1) is 11.3 Å². The SMILES string of the molecule is O=C(c1ccc2ncsc2c1)N1C[C@H]2C[C@@H](N3CCCC3)[C@H](O)C[C@H]2C1. The molecule has 3 heterocycles. The first-order valence-corrected chi connectivity index (χ1v) is 10.6. The molecule has 1 aliphatic carbocycles. The summed E-state index contributed by atoms with van der Waals surface area (Å²) in [5.74, 6) is 1.10. The van der Waals surface area contributed by atoms with Gasteiger partial charge in [0, 0.05) is 24.7 Å². The molecule has 1 aromatic heterocycles. The average molecular weight is 372 g/mol. The predicted octanol–water partition coefficient (Wildman–Crippen LogP) is 2.60. The van der Waals surface area contributed by atoms with Crippen LogP contribution in [0.4, 0.5) is 0 Å². The molecule has 1 N–H and O–H groups in total. The Balaban J connectivity index is 1.31. The van der Waals surface area contributed by atoms with Crippen LogP contribution in [0.2, 0.25) is 0 Å². The Bertz CT molecular complexity index is 816. The quantitative estimate of drug-likeness (QED) is 0.882. The highest BCUT2D eigenvalue weighted by atomic mass is 32.1. The van der Waals surface area contributed by atoms with Crippen LogP contribution in [0.15, 0.2) is 23.7 Å². The summed E-state index contributed by atoms with van der Waals surface area (Å²) in [6, 6.07) is 6.10. The molecule has 1 aromatic carbocycles.